The molecule has 1 saturated carbocycles. The number of amides is 1. The first-order chi connectivity index (χ1) is 15.5. The van der Waals surface area contributed by atoms with E-state index in [-0.39, 0.29) is 29.9 Å². The minimum atomic E-state index is -0.455. The largest absolute Gasteiger partial charge is 0.349 e. The van der Waals surface area contributed by atoms with E-state index in [2.05, 4.69) is 15.5 Å². The first kappa shape index (κ1) is 21.9. The topological polar surface area (TPSA) is 103 Å². The second-order valence-electron chi connectivity index (χ2n) is 7.62. The van der Waals surface area contributed by atoms with Gasteiger partial charge in [0.25, 0.3) is 5.69 Å². The van der Waals surface area contributed by atoms with Gasteiger partial charge < -0.3 is 5.32 Å². The number of hydrogen-bond donors (Lipinski definition) is 1. The Labute approximate surface area is 188 Å². The van der Waals surface area contributed by atoms with Gasteiger partial charge in [-0.15, -0.1) is 10.2 Å². The third kappa shape index (κ3) is 5.13. The first-order valence-electron chi connectivity index (χ1n) is 10.4. The molecule has 3 aromatic rings. The molecular formula is C22H22FN5O3S. The van der Waals surface area contributed by atoms with E-state index in [0.717, 1.165) is 31.2 Å². The summed E-state index contributed by atoms with van der Waals surface area (Å²) in [5.41, 5.74) is 1.57. The smallest absolute Gasteiger partial charge is 0.269 e. The van der Waals surface area contributed by atoms with Crippen molar-refractivity contribution < 1.29 is 14.1 Å². The average Bonchev–Trinajstić information content (AvgIpc) is 3.47. The van der Waals surface area contributed by atoms with Crippen molar-refractivity contribution in [3.63, 3.8) is 0 Å². The average molecular weight is 456 g/mol. The van der Waals surface area contributed by atoms with E-state index in [1.54, 1.807) is 28.8 Å². The molecule has 0 spiro atoms. The summed E-state index contributed by atoms with van der Waals surface area (Å²) in [6.45, 7) is 0.205. The molecule has 166 valence electrons. The van der Waals surface area contributed by atoms with Crippen LogP contribution in [0.15, 0.2) is 53.7 Å². The Hall–Kier alpha value is -3.27. The van der Waals surface area contributed by atoms with Crippen LogP contribution in [-0.4, -0.2) is 25.6 Å². The van der Waals surface area contributed by atoms with Gasteiger partial charge in [-0.1, -0.05) is 36.7 Å². The molecule has 1 heterocycles. The van der Waals surface area contributed by atoms with Crippen LogP contribution in [0.4, 0.5) is 10.1 Å². The summed E-state index contributed by atoms with van der Waals surface area (Å²) >= 11 is 1.41. The molecule has 0 radical (unpaired) electrons. The second kappa shape index (κ2) is 9.90. The van der Waals surface area contributed by atoms with Crippen LogP contribution >= 0.6 is 11.8 Å². The molecule has 0 atom stereocenters. The quantitative estimate of drug-likeness (QED) is 0.307. The summed E-state index contributed by atoms with van der Waals surface area (Å²) in [5.74, 6) is 0.832. The van der Waals surface area contributed by atoms with Gasteiger partial charge in [0, 0.05) is 29.5 Å². The Kier molecular flexibility index (Phi) is 6.79. The molecule has 8 nitrogen and oxygen atoms in total. The number of carbonyl (C=O) groups is 1. The van der Waals surface area contributed by atoms with Crippen LogP contribution in [0.25, 0.3) is 5.69 Å². The number of benzene rings is 2. The van der Waals surface area contributed by atoms with Crippen molar-refractivity contribution in [1.82, 2.24) is 20.1 Å². The lowest BCUT2D eigenvalue weighted by Crippen LogP contribution is -2.29. The number of nitrogens with one attached hydrogen (secondary N) is 1. The minimum absolute atomic E-state index is 0.0151. The highest BCUT2D eigenvalue weighted by molar-refractivity contribution is 7.98. The summed E-state index contributed by atoms with van der Waals surface area (Å²) in [4.78, 5) is 23.0. The van der Waals surface area contributed by atoms with Gasteiger partial charge >= 0.3 is 0 Å². The van der Waals surface area contributed by atoms with Gasteiger partial charge in [0.15, 0.2) is 11.0 Å². The van der Waals surface area contributed by atoms with Crippen molar-refractivity contribution in [3.05, 3.63) is 75.9 Å². The lowest BCUT2D eigenvalue weighted by atomic mass is 10.1. The number of thioether (sulfide) groups is 1. The monoisotopic (exact) mass is 455 g/mol. The summed E-state index contributed by atoms with van der Waals surface area (Å²) in [6, 6.07) is 12.3. The third-order valence-corrected chi connectivity index (χ3v) is 6.45. The number of aromatic nitrogens is 3. The van der Waals surface area contributed by atoms with Gasteiger partial charge in [0.05, 0.1) is 11.5 Å². The first-order valence-corrected chi connectivity index (χ1v) is 11.3. The Bertz CT molecular complexity index is 1100. The molecule has 1 amide bonds. The Morgan fingerprint density at radius 1 is 1.12 bits per heavy atom. The van der Waals surface area contributed by atoms with Crippen LogP contribution in [0.5, 0.6) is 0 Å². The van der Waals surface area contributed by atoms with Crippen LogP contribution in [-0.2, 0) is 17.1 Å². The molecule has 10 heteroatoms. The lowest BCUT2D eigenvalue weighted by molar-refractivity contribution is -0.384. The number of carbonyl (C=O) groups excluding carboxylic acids is 1. The fraction of sp³-hybridized carbons (Fsp3) is 0.318. The SMILES string of the molecule is O=C(NCc1nnc(SCc2ccc(F)cc2)n1-c1ccc([N+](=O)[O-])cc1)C1CCCC1. The highest BCUT2D eigenvalue weighted by atomic mass is 32.2. The van der Waals surface area contributed by atoms with Gasteiger partial charge in [-0.05, 0) is 42.7 Å². The van der Waals surface area contributed by atoms with Gasteiger partial charge in [-0.25, -0.2) is 4.39 Å². The molecule has 1 fully saturated rings. The van der Waals surface area contributed by atoms with E-state index >= 15 is 0 Å². The molecule has 32 heavy (non-hydrogen) atoms. The minimum Gasteiger partial charge on any atom is -0.349 e. The zero-order chi connectivity index (χ0) is 22.5. The number of rotatable bonds is 8. The Morgan fingerprint density at radius 3 is 2.47 bits per heavy atom. The molecule has 1 N–H and O–H groups in total. The van der Waals surface area contributed by atoms with Gasteiger partial charge in [0.1, 0.15) is 5.82 Å². The summed E-state index contributed by atoms with van der Waals surface area (Å²) in [6.07, 6.45) is 3.95. The van der Waals surface area contributed by atoms with E-state index < -0.39 is 4.92 Å². The van der Waals surface area contributed by atoms with Crippen LogP contribution < -0.4 is 5.32 Å². The number of nitrogens with zero attached hydrogens (tertiary/aromatic N) is 4. The summed E-state index contributed by atoms with van der Waals surface area (Å²) in [7, 11) is 0. The van der Waals surface area contributed by atoms with E-state index in [1.165, 1.54) is 36.0 Å². The van der Waals surface area contributed by atoms with Crippen molar-refractivity contribution in [3.8, 4) is 5.69 Å². The van der Waals surface area contributed by atoms with E-state index in [4.69, 9.17) is 0 Å². The van der Waals surface area contributed by atoms with Crippen molar-refractivity contribution >= 4 is 23.4 Å². The molecule has 1 aromatic heterocycles. The standard InChI is InChI=1S/C22H22FN5O3S/c23-17-7-5-15(6-8-17)14-32-22-26-25-20(13-24-21(29)16-3-1-2-4-16)27(22)18-9-11-19(12-10-18)28(30)31/h5-12,16H,1-4,13-14H2,(H,24,29). The zero-order valence-electron chi connectivity index (χ0n) is 17.2. The van der Waals surface area contributed by atoms with E-state index in [1.807, 2.05) is 0 Å². The predicted molar refractivity (Wildman–Crippen MR) is 118 cm³/mol. The van der Waals surface area contributed by atoms with E-state index in [0.29, 0.717) is 22.4 Å². The fourth-order valence-corrected chi connectivity index (χ4v) is 4.64. The third-order valence-electron chi connectivity index (χ3n) is 5.45. The van der Waals surface area contributed by atoms with Crippen LogP contribution in [0.2, 0.25) is 0 Å². The van der Waals surface area contributed by atoms with Crippen molar-refractivity contribution in [2.45, 2.75) is 43.1 Å². The number of hydrogen-bond acceptors (Lipinski definition) is 6. The van der Waals surface area contributed by atoms with Crippen molar-refractivity contribution in [2.75, 3.05) is 0 Å². The summed E-state index contributed by atoms with van der Waals surface area (Å²) < 4.78 is 15.0. The van der Waals surface area contributed by atoms with Crippen molar-refractivity contribution in [1.29, 1.82) is 0 Å². The fourth-order valence-electron chi connectivity index (χ4n) is 3.72. The molecule has 1 aliphatic rings. The molecule has 0 unspecified atom stereocenters. The van der Waals surface area contributed by atoms with Crippen LogP contribution in [0.1, 0.15) is 37.1 Å². The molecule has 0 saturated heterocycles. The molecule has 0 bridgehead atoms. The summed E-state index contributed by atoms with van der Waals surface area (Å²) in [5, 5.41) is 23.1. The molecule has 4 rings (SSSR count). The maximum atomic E-state index is 13.2. The Balaban J connectivity index is 1.56. The number of nitro benzene ring substituents is 1. The van der Waals surface area contributed by atoms with Gasteiger partial charge in [0.2, 0.25) is 5.91 Å². The van der Waals surface area contributed by atoms with Gasteiger partial charge in [-0.3, -0.25) is 19.5 Å². The number of non-ortho nitro benzene ring substituents is 1. The normalized spacial score (nSPS) is 13.9. The zero-order valence-corrected chi connectivity index (χ0v) is 18.1. The number of nitro groups is 1. The van der Waals surface area contributed by atoms with Gasteiger partial charge in [-0.2, -0.15) is 0 Å². The second-order valence-corrected chi connectivity index (χ2v) is 8.56. The molecule has 1 aliphatic carbocycles. The van der Waals surface area contributed by atoms with E-state index in [9.17, 15) is 19.3 Å². The Morgan fingerprint density at radius 2 is 1.81 bits per heavy atom. The maximum Gasteiger partial charge on any atom is 0.269 e. The maximum absolute atomic E-state index is 13.2. The van der Waals surface area contributed by atoms with Crippen LogP contribution in [0.3, 0.4) is 0 Å². The number of halogens is 1. The van der Waals surface area contributed by atoms with Crippen molar-refractivity contribution in [2.24, 2.45) is 5.92 Å². The van der Waals surface area contributed by atoms with Crippen LogP contribution in [0, 0.1) is 21.8 Å². The highest BCUT2D eigenvalue weighted by Crippen LogP contribution is 2.27. The lowest BCUT2D eigenvalue weighted by Gasteiger charge is -2.13. The molecular weight excluding hydrogens is 433 g/mol. The predicted octanol–water partition coefficient (Wildman–Crippen LogP) is 4.41. The molecule has 0 aliphatic heterocycles. The highest BCUT2D eigenvalue weighted by Gasteiger charge is 2.23. The molecule has 2 aromatic carbocycles.